The highest BCUT2D eigenvalue weighted by Crippen LogP contribution is 2.49. The van der Waals surface area contributed by atoms with E-state index in [-0.39, 0.29) is 0 Å². The van der Waals surface area contributed by atoms with Crippen LogP contribution >= 0.6 is 11.3 Å². The van der Waals surface area contributed by atoms with E-state index in [9.17, 15) is 0 Å². The zero-order chi connectivity index (χ0) is 46.1. The van der Waals surface area contributed by atoms with E-state index in [1.165, 1.54) is 30.9 Å². The van der Waals surface area contributed by atoms with Gasteiger partial charge in [-0.3, -0.25) is 0 Å². The van der Waals surface area contributed by atoms with Crippen LogP contribution in [0.1, 0.15) is 0 Å². The lowest BCUT2D eigenvalue weighted by Gasteiger charge is -2.29. The Balaban J connectivity index is 0.950. The second kappa shape index (κ2) is 16.3. The smallest absolute Gasteiger partial charge is 0.159 e. The number of anilines is 9. The molecule has 14 aromatic rings. The molecule has 0 fully saturated rings. The second-order valence-corrected chi connectivity index (χ2v) is 18.7. The summed E-state index contributed by atoms with van der Waals surface area (Å²) in [6, 6.07) is 88.5. The molecule has 0 spiro atoms. The molecule has 3 aromatic heterocycles. The number of thiophene rings is 1. The maximum Gasteiger partial charge on any atom is 0.159 e. The van der Waals surface area contributed by atoms with E-state index in [0.29, 0.717) is 0 Å². The number of hydrogen-bond acceptors (Lipinski definition) is 6. The molecular formula is C64H41N3O2S. The lowest BCUT2D eigenvalue weighted by atomic mass is 10.1. The van der Waals surface area contributed by atoms with Crippen LogP contribution in [0.3, 0.4) is 0 Å². The van der Waals surface area contributed by atoms with Crippen LogP contribution in [0.4, 0.5) is 51.2 Å². The van der Waals surface area contributed by atoms with Crippen molar-refractivity contribution >= 4 is 137 Å². The molecule has 0 saturated heterocycles. The lowest BCUT2D eigenvalue weighted by Crippen LogP contribution is -2.13. The summed E-state index contributed by atoms with van der Waals surface area (Å²) in [7, 11) is 0. The first-order chi connectivity index (χ1) is 34.7. The molecule has 0 unspecified atom stereocenters. The normalized spacial score (nSPS) is 11.7. The van der Waals surface area contributed by atoms with E-state index < -0.39 is 0 Å². The van der Waals surface area contributed by atoms with Gasteiger partial charge in [-0.25, -0.2) is 0 Å². The molecule has 0 N–H and O–H groups in total. The highest BCUT2D eigenvalue weighted by atomic mass is 32.1. The van der Waals surface area contributed by atoms with Gasteiger partial charge in [0.2, 0.25) is 0 Å². The summed E-state index contributed by atoms with van der Waals surface area (Å²) >= 11 is 1.82. The number of fused-ring (bicyclic) bond motifs is 10. The third-order valence-electron chi connectivity index (χ3n) is 13.6. The van der Waals surface area contributed by atoms with E-state index in [4.69, 9.17) is 8.83 Å². The minimum atomic E-state index is 0.830. The summed E-state index contributed by atoms with van der Waals surface area (Å²) in [5.74, 6) is 0. The Morgan fingerprint density at radius 2 is 0.700 bits per heavy atom. The van der Waals surface area contributed by atoms with Gasteiger partial charge < -0.3 is 23.5 Å². The largest absolute Gasteiger partial charge is 0.454 e. The number of benzene rings is 11. The van der Waals surface area contributed by atoms with E-state index in [0.717, 1.165) is 95.1 Å². The molecule has 330 valence electrons. The van der Waals surface area contributed by atoms with Crippen molar-refractivity contribution in [2.45, 2.75) is 0 Å². The van der Waals surface area contributed by atoms with Crippen LogP contribution in [0, 0.1) is 0 Å². The SMILES string of the molecule is c1ccc(N(c2ccc3sc4cc(N(c5cccc(N(c6ccccc6)c6cccc7c6oc6ccccc67)c5)c5cccc6c5oc5ccccc56)ccc4c3c2)c2cccc3ccccc23)cc1. The van der Waals surface area contributed by atoms with E-state index >= 15 is 0 Å². The molecule has 0 radical (unpaired) electrons. The van der Waals surface area contributed by atoms with Gasteiger partial charge in [0.15, 0.2) is 11.2 Å². The second-order valence-electron chi connectivity index (χ2n) is 17.7. The third kappa shape index (κ3) is 6.53. The van der Waals surface area contributed by atoms with Gasteiger partial charge in [0.05, 0.1) is 17.1 Å². The standard InChI is InChI=1S/C64H41N3O2S/c1-3-19-43(20-4-1)65(56-30-13-18-42-17-7-8-25-49(42)56)47-36-38-61-55(40-47)52-37-35-48(41-62(52)70-61)67(58-32-16-29-54-51-27-10-12-34-60(51)69-64(54)58)46-24-14-23-45(39-46)66(44-21-5-2-6-22-44)57-31-15-28-53-50-26-9-11-33-59(50)68-63(53)57/h1-41H. The summed E-state index contributed by atoms with van der Waals surface area (Å²) in [6.45, 7) is 0. The molecule has 14 rings (SSSR count). The van der Waals surface area contributed by atoms with Crippen LogP contribution in [0.5, 0.6) is 0 Å². The van der Waals surface area contributed by atoms with Gasteiger partial charge in [-0.2, -0.15) is 0 Å². The predicted molar refractivity (Wildman–Crippen MR) is 295 cm³/mol. The van der Waals surface area contributed by atoms with Crippen LogP contribution in [-0.4, -0.2) is 0 Å². The van der Waals surface area contributed by atoms with Gasteiger partial charge in [0.1, 0.15) is 11.2 Å². The van der Waals surface area contributed by atoms with Gasteiger partial charge >= 0.3 is 0 Å². The average molecular weight is 916 g/mol. The first kappa shape index (κ1) is 40.0. The van der Waals surface area contributed by atoms with Crippen molar-refractivity contribution in [1.82, 2.24) is 0 Å². The molecule has 3 heterocycles. The Morgan fingerprint density at radius 1 is 0.257 bits per heavy atom. The van der Waals surface area contributed by atoms with Crippen molar-refractivity contribution in [2.75, 3.05) is 14.7 Å². The molecule has 0 amide bonds. The number of rotatable bonds is 9. The molecular weight excluding hydrogens is 875 g/mol. The molecule has 5 nitrogen and oxygen atoms in total. The minimum Gasteiger partial charge on any atom is -0.454 e. The predicted octanol–water partition coefficient (Wildman–Crippen LogP) is 19.4. The van der Waals surface area contributed by atoms with Gasteiger partial charge in [0, 0.05) is 81.2 Å². The van der Waals surface area contributed by atoms with Crippen LogP contribution < -0.4 is 14.7 Å². The van der Waals surface area contributed by atoms with E-state index in [2.05, 4.69) is 245 Å². The van der Waals surface area contributed by atoms with Gasteiger partial charge in [0.25, 0.3) is 0 Å². The van der Waals surface area contributed by atoms with Crippen LogP contribution in [0.25, 0.3) is 74.8 Å². The maximum atomic E-state index is 6.81. The Hall–Kier alpha value is -9.10. The number of furan rings is 2. The lowest BCUT2D eigenvalue weighted by molar-refractivity contribution is 0.669. The summed E-state index contributed by atoms with van der Waals surface area (Å²) in [5, 5.41) is 9.17. The molecule has 70 heavy (non-hydrogen) atoms. The van der Waals surface area contributed by atoms with Gasteiger partial charge in [-0.1, -0.05) is 146 Å². The first-order valence-electron chi connectivity index (χ1n) is 23.6. The minimum absolute atomic E-state index is 0.830. The number of hydrogen-bond donors (Lipinski definition) is 0. The van der Waals surface area contributed by atoms with Crippen molar-refractivity contribution < 1.29 is 8.83 Å². The highest BCUT2D eigenvalue weighted by molar-refractivity contribution is 7.25. The number of para-hydroxylation sites is 6. The molecule has 0 bridgehead atoms. The molecule has 6 heteroatoms. The van der Waals surface area contributed by atoms with Crippen LogP contribution in [0.2, 0.25) is 0 Å². The molecule has 0 atom stereocenters. The van der Waals surface area contributed by atoms with Gasteiger partial charge in [-0.15, -0.1) is 11.3 Å². The molecule has 11 aromatic carbocycles. The van der Waals surface area contributed by atoms with Crippen molar-refractivity contribution in [2.24, 2.45) is 0 Å². The Labute approximate surface area is 407 Å². The molecule has 0 aliphatic rings. The first-order valence-corrected chi connectivity index (χ1v) is 24.4. The number of nitrogens with zero attached hydrogens (tertiary/aromatic N) is 3. The van der Waals surface area contributed by atoms with Crippen LogP contribution in [0.15, 0.2) is 258 Å². The van der Waals surface area contributed by atoms with Crippen molar-refractivity contribution in [3.63, 3.8) is 0 Å². The molecule has 0 saturated carbocycles. The summed E-state index contributed by atoms with van der Waals surface area (Å²) in [4.78, 5) is 7.04. The van der Waals surface area contributed by atoms with Crippen LogP contribution in [-0.2, 0) is 0 Å². The van der Waals surface area contributed by atoms with Crippen molar-refractivity contribution in [1.29, 1.82) is 0 Å². The molecule has 0 aliphatic heterocycles. The Kier molecular flexibility index (Phi) is 9.32. The van der Waals surface area contributed by atoms with Crippen molar-refractivity contribution in [3.05, 3.63) is 249 Å². The Bertz CT molecular complexity index is 4280. The van der Waals surface area contributed by atoms with E-state index in [1.807, 2.05) is 29.5 Å². The zero-order valence-corrected chi connectivity index (χ0v) is 38.6. The average Bonchev–Trinajstić information content (AvgIpc) is 4.12. The fraction of sp³-hybridized carbons (Fsp3) is 0. The van der Waals surface area contributed by atoms with E-state index in [1.54, 1.807) is 0 Å². The Morgan fingerprint density at radius 3 is 1.36 bits per heavy atom. The fourth-order valence-corrected chi connectivity index (χ4v) is 11.6. The van der Waals surface area contributed by atoms with Crippen molar-refractivity contribution in [3.8, 4) is 0 Å². The fourth-order valence-electron chi connectivity index (χ4n) is 10.5. The molecule has 0 aliphatic carbocycles. The highest BCUT2D eigenvalue weighted by Gasteiger charge is 2.24. The van der Waals surface area contributed by atoms with Gasteiger partial charge in [-0.05, 0) is 109 Å². The maximum absolute atomic E-state index is 6.81. The summed E-state index contributed by atoms with van der Waals surface area (Å²) in [6.07, 6.45) is 0. The monoisotopic (exact) mass is 915 g/mol. The summed E-state index contributed by atoms with van der Waals surface area (Å²) in [5.41, 5.74) is 12.7. The topological polar surface area (TPSA) is 36.0 Å². The zero-order valence-electron chi connectivity index (χ0n) is 37.7. The quantitative estimate of drug-likeness (QED) is 0.144. The third-order valence-corrected chi connectivity index (χ3v) is 14.7. The summed E-state index contributed by atoms with van der Waals surface area (Å²) < 4.78 is 15.9.